The number of amides is 1. The van der Waals surface area contributed by atoms with E-state index < -0.39 is 0 Å². The smallest absolute Gasteiger partial charge is 0.258 e. The zero-order valence-corrected chi connectivity index (χ0v) is 11.9. The van der Waals surface area contributed by atoms with Gasteiger partial charge >= 0.3 is 0 Å². The van der Waals surface area contributed by atoms with E-state index in [2.05, 4.69) is 5.32 Å². The Morgan fingerprint density at radius 1 is 1.42 bits per heavy atom. The summed E-state index contributed by atoms with van der Waals surface area (Å²) in [6.07, 6.45) is 0.980. The van der Waals surface area contributed by atoms with Gasteiger partial charge in [0, 0.05) is 19.4 Å². The van der Waals surface area contributed by atoms with Gasteiger partial charge < -0.3 is 14.8 Å². The maximum atomic E-state index is 11.7. The summed E-state index contributed by atoms with van der Waals surface area (Å²) < 4.78 is 10.9. The summed E-state index contributed by atoms with van der Waals surface area (Å²) in [7, 11) is 1.71. The third-order valence-electron chi connectivity index (χ3n) is 3.22. The molecule has 1 aliphatic rings. The lowest BCUT2D eigenvalue weighted by molar-refractivity contribution is -0.124. The number of hydrogen-bond acceptors (Lipinski definition) is 4. The number of hydrogen-bond donors (Lipinski definition) is 1. The second-order valence-corrected chi connectivity index (χ2v) is 5.67. The van der Waals surface area contributed by atoms with E-state index in [1.54, 1.807) is 7.11 Å². The molecular formula is C14H19NO3S. The Morgan fingerprint density at radius 3 is 2.84 bits per heavy atom. The average Bonchev–Trinajstić information content (AvgIpc) is 2.93. The number of methoxy groups -OCH3 is 1. The minimum atomic E-state index is -0.201. The van der Waals surface area contributed by atoms with Gasteiger partial charge in [-0.25, -0.2) is 0 Å². The average molecular weight is 281 g/mol. The van der Waals surface area contributed by atoms with E-state index in [9.17, 15) is 4.79 Å². The van der Waals surface area contributed by atoms with Gasteiger partial charge in [0.25, 0.3) is 5.91 Å². The lowest BCUT2D eigenvalue weighted by Crippen LogP contribution is -2.45. The molecule has 0 bridgehead atoms. The molecule has 1 aliphatic heterocycles. The van der Waals surface area contributed by atoms with E-state index in [1.165, 1.54) is 0 Å². The fourth-order valence-corrected chi connectivity index (χ4v) is 3.33. The summed E-state index contributed by atoms with van der Waals surface area (Å²) in [6.45, 7) is 0.588. The van der Waals surface area contributed by atoms with Gasteiger partial charge in [-0.3, -0.25) is 4.79 Å². The van der Waals surface area contributed by atoms with E-state index in [0.717, 1.165) is 17.9 Å². The minimum Gasteiger partial charge on any atom is -0.484 e. The monoisotopic (exact) mass is 281 g/mol. The van der Waals surface area contributed by atoms with Crippen molar-refractivity contribution in [3.8, 4) is 5.75 Å². The van der Waals surface area contributed by atoms with E-state index in [0.29, 0.717) is 12.3 Å². The first-order chi connectivity index (χ1) is 9.24. The van der Waals surface area contributed by atoms with Crippen LogP contribution in [0.2, 0.25) is 0 Å². The van der Waals surface area contributed by atoms with Gasteiger partial charge in [-0.05, 0) is 24.3 Å². The lowest BCUT2D eigenvalue weighted by atomic mass is 10.0. The fraction of sp³-hybridized carbons (Fsp3) is 0.500. The maximum absolute atomic E-state index is 11.7. The van der Waals surface area contributed by atoms with Gasteiger partial charge in [-0.2, -0.15) is 11.8 Å². The van der Waals surface area contributed by atoms with Gasteiger partial charge in [0.05, 0.1) is 5.60 Å². The summed E-state index contributed by atoms with van der Waals surface area (Å²) in [6, 6.07) is 9.33. The largest absolute Gasteiger partial charge is 0.484 e. The molecule has 1 N–H and O–H groups in total. The summed E-state index contributed by atoms with van der Waals surface area (Å²) in [5.74, 6) is 2.61. The van der Waals surface area contributed by atoms with Crippen molar-refractivity contribution in [3.63, 3.8) is 0 Å². The van der Waals surface area contributed by atoms with Crippen LogP contribution >= 0.6 is 11.8 Å². The molecule has 1 aromatic rings. The molecule has 1 heterocycles. The molecule has 0 saturated carbocycles. The lowest BCUT2D eigenvalue weighted by Gasteiger charge is -2.26. The number of nitrogens with one attached hydrogen (secondary N) is 1. The molecule has 5 heteroatoms. The number of carbonyl (C=O) groups excluding carboxylic acids is 1. The van der Waals surface area contributed by atoms with Crippen LogP contribution in [0.3, 0.4) is 0 Å². The number of para-hydroxylation sites is 1. The highest BCUT2D eigenvalue weighted by molar-refractivity contribution is 7.99. The number of rotatable bonds is 6. The van der Waals surface area contributed by atoms with E-state index >= 15 is 0 Å². The van der Waals surface area contributed by atoms with E-state index in [4.69, 9.17) is 9.47 Å². The molecule has 1 unspecified atom stereocenters. The van der Waals surface area contributed by atoms with Gasteiger partial charge in [0.2, 0.25) is 0 Å². The molecular weight excluding hydrogens is 262 g/mol. The van der Waals surface area contributed by atoms with Gasteiger partial charge in [-0.1, -0.05) is 18.2 Å². The molecule has 0 spiro atoms. The SMILES string of the molecule is COC1(CNC(=O)COc2ccccc2)CCSC1. The third kappa shape index (κ3) is 4.14. The molecule has 19 heavy (non-hydrogen) atoms. The first kappa shape index (κ1) is 14.2. The zero-order chi connectivity index (χ0) is 13.6. The zero-order valence-electron chi connectivity index (χ0n) is 11.1. The second-order valence-electron chi connectivity index (χ2n) is 4.57. The molecule has 2 rings (SSSR count). The van der Waals surface area contributed by atoms with Crippen molar-refractivity contribution < 1.29 is 14.3 Å². The van der Waals surface area contributed by atoms with Crippen molar-refractivity contribution >= 4 is 17.7 Å². The van der Waals surface area contributed by atoms with Crippen molar-refractivity contribution in [3.05, 3.63) is 30.3 Å². The molecule has 1 saturated heterocycles. The Labute approximate surface area is 117 Å². The van der Waals surface area contributed by atoms with Gasteiger partial charge in [0.15, 0.2) is 6.61 Å². The highest BCUT2D eigenvalue weighted by atomic mass is 32.2. The summed E-state index contributed by atoms with van der Waals surface area (Å²) in [5.41, 5.74) is -0.201. The van der Waals surface area contributed by atoms with Crippen LogP contribution in [0.1, 0.15) is 6.42 Å². The van der Waals surface area contributed by atoms with Gasteiger partial charge in [-0.15, -0.1) is 0 Å². The highest BCUT2D eigenvalue weighted by Crippen LogP contribution is 2.30. The van der Waals surface area contributed by atoms with Crippen molar-refractivity contribution in [2.75, 3.05) is 31.8 Å². The van der Waals surface area contributed by atoms with Crippen LogP contribution in [0.4, 0.5) is 0 Å². The molecule has 0 aromatic heterocycles. The van der Waals surface area contributed by atoms with Gasteiger partial charge in [0.1, 0.15) is 5.75 Å². The van der Waals surface area contributed by atoms with Crippen LogP contribution in [-0.4, -0.2) is 43.3 Å². The van der Waals surface area contributed by atoms with E-state index in [1.807, 2.05) is 42.1 Å². The second kappa shape index (κ2) is 6.82. The predicted octanol–water partition coefficient (Wildman–Crippen LogP) is 1.70. The Balaban J connectivity index is 1.72. The number of thioether (sulfide) groups is 1. The number of carbonyl (C=O) groups is 1. The Bertz CT molecular complexity index is 404. The Kier molecular flexibility index (Phi) is 5.10. The van der Waals surface area contributed by atoms with Crippen LogP contribution < -0.4 is 10.1 Å². The van der Waals surface area contributed by atoms with E-state index in [-0.39, 0.29) is 18.1 Å². The Hall–Kier alpha value is -1.20. The molecule has 104 valence electrons. The highest BCUT2D eigenvalue weighted by Gasteiger charge is 2.34. The molecule has 4 nitrogen and oxygen atoms in total. The third-order valence-corrected chi connectivity index (χ3v) is 4.44. The predicted molar refractivity (Wildman–Crippen MR) is 76.6 cm³/mol. The summed E-state index contributed by atoms with van der Waals surface area (Å²) in [5, 5.41) is 2.88. The van der Waals surface area contributed by atoms with Crippen molar-refractivity contribution in [1.29, 1.82) is 0 Å². The topological polar surface area (TPSA) is 47.6 Å². The molecule has 1 fully saturated rings. The normalized spacial score (nSPS) is 22.2. The summed E-state index contributed by atoms with van der Waals surface area (Å²) in [4.78, 5) is 11.7. The van der Waals surface area contributed by atoms with Crippen LogP contribution in [-0.2, 0) is 9.53 Å². The minimum absolute atomic E-state index is 0.0386. The van der Waals surface area contributed by atoms with Crippen molar-refractivity contribution in [1.82, 2.24) is 5.32 Å². The van der Waals surface area contributed by atoms with Crippen LogP contribution in [0.15, 0.2) is 30.3 Å². The standard InChI is InChI=1S/C14H19NO3S/c1-17-14(7-8-19-11-14)10-15-13(16)9-18-12-5-3-2-4-6-12/h2-6H,7-11H2,1H3,(H,15,16). The molecule has 0 radical (unpaired) electrons. The molecule has 1 atom stereocenters. The van der Waals surface area contributed by atoms with Crippen LogP contribution in [0, 0.1) is 0 Å². The first-order valence-corrected chi connectivity index (χ1v) is 7.47. The molecule has 1 aromatic carbocycles. The van der Waals surface area contributed by atoms with Crippen molar-refractivity contribution in [2.24, 2.45) is 0 Å². The number of benzene rings is 1. The first-order valence-electron chi connectivity index (χ1n) is 6.32. The fourth-order valence-electron chi connectivity index (χ4n) is 1.94. The Morgan fingerprint density at radius 2 is 2.21 bits per heavy atom. The quantitative estimate of drug-likeness (QED) is 0.862. The number of ether oxygens (including phenoxy) is 2. The molecule has 0 aliphatic carbocycles. The summed E-state index contributed by atoms with van der Waals surface area (Å²) >= 11 is 1.86. The van der Waals surface area contributed by atoms with Crippen LogP contribution in [0.25, 0.3) is 0 Å². The van der Waals surface area contributed by atoms with Crippen LogP contribution in [0.5, 0.6) is 5.75 Å². The maximum Gasteiger partial charge on any atom is 0.258 e. The molecule has 1 amide bonds. The van der Waals surface area contributed by atoms with Crippen molar-refractivity contribution in [2.45, 2.75) is 12.0 Å².